The molecule has 31 heavy (non-hydrogen) atoms. The lowest BCUT2D eigenvalue weighted by Gasteiger charge is -2.12. The number of carbonyl (C=O) groups excluding carboxylic acids is 1. The minimum atomic E-state index is -0.408. The highest BCUT2D eigenvalue weighted by atomic mass is 16.3. The number of fused-ring (bicyclic) bond motifs is 2. The number of nitrogens with zero attached hydrogens (tertiary/aromatic N) is 4. The minimum Gasteiger partial charge on any atom is -0.396 e. The maximum Gasteiger partial charge on any atom is 0.278 e. The third kappa shape index (κ3) is 3.82. The first-order chi connectivity index (χ1) is 15.0. The second kappa shape index (κ2) is 8.49. The van der Waals surface area contributed by atoms with E-state index in [-0.39, 0.29) is 35.5 Å². The third-order valence-corrected chi connectivity index (χ3v) is 5.14. The lowest BCUT2D eigenvalue weighted by molar-refractivity contribution is -0.659. The van der Waals surface area contributed by atoms with E-state index in [1.54, 1.807) is 35.3 Å². The first-order valence-electron chi connectivity index (χ1n) is 9.93. The Bertz CT molecular complexity index is 1330. The molecule has 158 valence electrons. The van der Waals surface area contributed by atoms with Crippen molar-refractivity contribution < 1.29 is 14.5 Å². The summed E-state index contributed by atoms with van der Waals surface area (Å²) in [5.41, 5.74) is 8.83. The van der Waals surface area contributed by atoms with Crippen LogP contribution in [-0.2, 0) is 13.1 Å². The molecule has 9 nitrogen and oxygen atoms in total. The average Bonchev–Trinajstić information content (AvgIpc) is 2.78. The van der Waals surface area contributed by atoms with E-state index in [1.165, 1.54) is 10.5 Å². The van der Waals surface area contributed by atoms with Gasteiger partial charge in [0.25, 0.3) is 17.1 Å². The van der Waals surface area contributed by atoms with Gasteiger partial charge in [-0.05, 0) is 30.7 Å². The van der Waals surface area contributed by atoms with Crippen LogP contribution in [0.4, 0.5) is 5.82 Å². The van der Waals surface area contributed by atoms with E-state index in [0.29, 0.717) is 24.3 Å². The van der Waals surface area contributed by atoms with Crippen molar-refractivity contribution in [3.63, 3.8) is 0 Å². The van der Waals surface area contributed by atoms with Gasteiger partial charge in [0.2, 0.25) is 11.5 Å². The Balaban J connectivity index is 1.86. The van der Waals surface area contributed by atoms with Gasteiger partial charge in [-0.15, -0.1) is 0 Å². The van der Waals surface area contributed by atoms with E-state index in [2.05, 4.69) is 15.3 Å². The summed E-state index contributed by atoms with van der Waals surface area (Å²) >= 11 is 0. The normalized spacial score (nSPS) is 11.2. The molecule has 0 fully saturated rings. The number of hydrogen-bond acceptors (Lipinski definition) is 6. The molecule has 4 aromatic heterocycles. The van der Waals surface area contributed by atoms with Crippen LogP contribution in [0.5, 0.6) is 0 Å². The van der Waals surface area contributed by atoms with Gasteiger partial charge in [-0.3, -0.25) is 19.0 Å². The second-order valence-corrected chi connectivity index (χ2v) is 7.26. The number of nitrogens with one attached hydrogen (secondary N) is 1. The second-order valence-electron chi connectivity index (χ2n) is 7.26. The van der Waals surface area contributed by atoms with Crippen molar-refractivity contribution in [1.82, 2.24) is 19.7 Å². The van der Waals surface area contributed by atoms with Gasteiger partial charge < -0.3 is 16.2 Å². The number of nitrogen functional groups attached to an aromatic ring is 1. The Morgan fingerprint density at radius 1 is 1.32 bits per heavy atom. The Morgan fingerprint density at radius 2 is 2.16 bits per heavy atom. The van der Waals surface area contributed by atoms with Crippen molar-refractivity contribution in [3.8, 4) is 0 Å². The van der Waals surface area contributed by atoms with E-state index >= 15 is 0 Å². The van der Waals surface area contributed by atoms with Crippen LogP contribution in [0.1, 0.15) is 27.9 Å². The molecule has 0 atom stereocenters. The number of carbonyl (C=O) groups is 1. The van der Waals surface area contributed by atoms with Crippen LogP contribution in [0.25, 0.3) is 16.7 Å². The number of anilines is 1. The number of aliphatic hydroxyl groups excluding tert-OH is 1. The minimum absolute atomic E-state index is 0.0586. The number of aryl methyl sites for hydroxylation is 2. The first-order valence-corrected chi connectivity index (χ1v) is 9.93. The molecule has 0 saturated carbocycles. The molecular formula is C22H23N6O3+. The molecule has 9 heteroatoms. The van der Waals surface area contributed by atoms with E-state index in [1.807, 2.05) is 19.1 Å². The van der Waals surface area contributed by atoms with Crippen LogP contribution in [-0.4, -0.2) is 32.0 Å². The van der Waals surface area contributed by atoms with Gasteiger partial charge in [-0.25, -0.2) is 4.57 Å². The number of aromatic nitrogens is 4. The number of rotatable bonds is 6. The van der Waals surface area contributed by atoms with Gasteiger partial charge in [-0.2, -0.15) is 0 Å². The molecule has 0 aliphatic carbocycles. The molecule has 4 rings (SSSR count). The highest BCUT2D eigenvalue weighted by molar-refractivity contribution is 6.00. The van der Waals surface area contributed by atoms with Crippen LogP contribution in [0.15, 0.2) is 53.7 Å². The Kier molecular flexibility index (Phi) is 5.59. The number of nitrogens with two attached hydrogens (primary N) is 1. The van der Waals surface area contributed by atoms with E-state index in [9.17, 15) is 14.7 Å². The third-order valence-electron chi connectivity index (χ3n) is 5.14. The molecule has 1 amide bonds. The van der Waals surface area contributed by atoms with E-state index in [4.69, 9.17) is 5.73 Å². The fraction of sp³-hybridized carbons (Fsp3) is 0.227. The standard InChI is InChI=1S/C22H22N6O3/c1-14-5-3-8-28-19(14)26-20-17(22(28)31)11-16(18(23)27(20)9-4-10-29)21(30)25-13-15-6-2-7-24-12-15/h2-3,5-8,11-12,23,29H,4,9-10,13H2,1H3,(H,25,30)/p+1. The molecule has 0 unspecified atom stereocenters. The first kappa shape index (κ1) is 20.4. The Hall–Kier alpha value is -3.85. The van der Waals surface area contributed by atoms with Crippen molar-refractivity contribution in [2.75, 3.05) is 12.3 Å². The van der Waals surface area contributed by atoms with E-state index < -0.39 is 5.91 Å². The van der Waals surface area contributed by atoms with Crippen LogP contribution in [0, 0.1) is 6.92 Å². The van der Waals surface area contributed by atoms with Crippen molar-refractivity contribution >= 4 is 28.4 Å². The monoisotopic (exact) mass is 419 g/mol. The van der Waals surface area contributed by atoms with Crippen LogP contribution in [0.2, 0.25) is 0 Å². The molecule has 0 aliphatic heterocycles. The van der Waals surface area contributed by atoms with Crippen LogP contribution in [0.3, 0.4) is 0 Å². The molecule has 0 spiro atoms. The number of pyridine rings is 3. The molecule has 0 aliphatic rings. The van der Waals surface area contributed by atoms with Gasteiger partial charge >= 0.3 is 0 Å². The Morgan fingerprint density at radius 3 is 2.90 bits per heavy atom. The van der Waals surface area contributed by atoms with Crippen molar-refractivity contribution in [1.29, 1.82) is 0 Å². The zero-order valence-corrected chi connectivity index (χ0v) is 17.1. The summed E-state index contributed by atoms with van der Waals surface area (Å²) in [5, 5.41) is 12.4. The van der Waals surface area contributed by atoms with Crippen molar-refractivity contribution in [3.05, 3.63) is 76.0 Å². The van der Waals surface area contributed by atoms with Crippen LogP contribution >= 0.6 is 0 Å². The molecule has 4 N–H and O–H groups in total. The maximum atomic E-state index is 13.2. The van der Waals surface area contributed by atoms with Crippen molar-refractivity contribution in [2.45, 2.75) is 26.4 Å². The lowest BCUT2D eigenvalue weighted by atomic mass is 10.1. The number of hydrogen-bond donors (Lipinski definition) is 3. The summed E-state index contributed by atoms with van der Waals surface area (Å²) in [6.45, 7) is 2.40. The number of aliphatic hydroxyl groups is 1. The fourth-order valence-electron chi connectivity index (χ4n) is 3.53. The molecule has 4 aromatic rings. The largest absolute Gasteiger partial charge is 0.396 e. The average molecular weight is 419 g/mol. The predicted molar refractivity (Wildman–Crippen MR) is 115 cm³/mol. The fourth-order valence-corrected chi connectivity index (χ4v) is 3.53. The van der Waals surface area contributed by atoms with Gasteiger partial charge in [0, 0.05) is 43.7 Å². The molecule has 0 radical (unpaired) electrons. The van der Waals surface area contributed by atoms with E-state index in [0.717, 1.165) is 11.1 Å². The van der Waals surface area contributed by atoms with Gasteiger partial charge in [-0.1, -0.05) is 17.1 Å². The van der Waals surface area contributed by atoms with Gasteiger partial charge in [0.1, 0.15) is 10.9 Å². The van der Waals surface area contributed by atoms with Crippen molar-refractivity contribution in [2.24, 2.45) is 0 Å². The smallest absolute Gasteiger partial charge is 0.278 e. The topological polar surface area (TPSA) is 126 Å². The molecule has 0 bridgehead atoms. The quantitative estimate of drug-likeness (QED) is 0.312. The summed E-state index contributed by atoms with van der Waals surface area (Å²) < 4.78 is 3.08. The highest BCUT2D eigenvalue weighted by Gasteiger charge is 2.24. The summed E-state index contributed by atoms with van der Waals surface area (Å²) in [6, 6.07) is 8.77. The Labute approximate surface area is 177 Å². The summed E-state index contributed by atoms with van der Waals surface area (Å²) in [7, 11) is 0. The summed E-state index contributed by atoms with van der Waals surface area (Å²) in [5.74, 6) is -0.218. The zero-order valence-electron chi connectivity index (χ0n) is 17.1. The van der Waals surface area contributed by atoms with Gasteiger partial charge in [0.05, 0.1) is 6.54 Å². The number of amides is 1. The molecular weight excluding hydrogens is 396 g/mol. The maximum absolute atomic E-state index is 13.2. The zero-order chi connectivity index (χ0) is 22.0. The predicted octanol–water partition coefficient (Wildman–Crippen LogP) is 0.733. The summed E-state index contributed by atoms with van der Waals surface area (Å²) in [6.07, 6.45) is 5.37. The highest BCUT2D eigenvalue weighted by Crippen LogP contribution is 2.16. The molecule has 0 saturated heterocycles. The molecule has 4 heterocycles. The molecule has 0 aromatic carbocycles. The lowest BCUT2D eigenvalue weighted by Crippen LogP contribution is -2.43. The van der Waals surface area contributed by atoms with Crippen LogP contribution < -0.4 is 21.2 Å². The van der Waals surface area contributed by atoms with Gasteiger partial charge in [0.15, 0.2) is 0 Å². The SMILES string of the molecule is Cc1cccn2c(=O)c3cc(C(=O)NCc4cccnc4)c(N)[n+](CCCO)c3nc12. The summed E-state index contributed by atoms with van der Waals surface area (Å²) in [4.78, 5) is 34.8.